The highest BCUT2D eigenvalue weighted by Crippen LogP contribution is 2.18. The van der Waals surface area contributed by atoms with E-state index in [1.165, 1.54) is 0 Å². The average molecular weight is 225 g/mol. The van der Waals surface area contributed by atoms with Crippen LogP contribution in [0, 0.1) is 11.8 Å². The zero-order valence-electron chi connectivity index (χ0n) is 9.58. The van der Waals surface area contributed by atoms with Crippen molar-refractivity contribution < 1.29 is 9.59 Å². The van der Waals surface area contributed by atoms with Gasteiger partial charge in [0, 0.05) is 12.0 Å². The number of rotatable bonds is 5. The molecule has 0 aromatic rings. The molecule has 2 amide bonds. The molecule has 2 aliphatic rings. The van der Waals surface area contributed by atoms with E-state index < -0.39 is 0 Å². The van der Waals surface area contributed by atoms with Crippen LogP contribution < -0.4 is 16.0 Å². The number of hydrogen-bond acceptors (Lipinski definition) is 3. The number of nitrogens with one attached hydrogen (secondary N) is 3. The van der Waals surface area contributed by atoms with E-state index in [9.17, 15) is 9.59 Å². The van der Waals surface area contributed by atoms with Gasteiger partial charge in [-0.05, 0) is 31.8 Å². The van der Waals surface area contributed by atoms with Crippen molar-refractivity contribution >= 4 is 11.8 Å². The molecule has 1 saturated carbocycles. The van der Waals surface area contributed by atoms with Gasteiger partial charge in [0.2, 0.25) is 11.8 Å². The Balaban J connectivity index is 1.63. The summed E-state index contributed by atoms with van der Waals surface area (Å²) in [5.74, 6) is 0.327. The highest BCUT2D eigenvalue weighted by molar-refractivity contribution is 5.86. The molecule has 0 spiro atoms. The molecule has 5 nitrogen and oxygen atoms in total. The molecule has 1 heterocycles. The first-order chi connectivity index (χ1) is 7.66. The second kappa shape index (κ2) is 4.82. The molecule has 3 N–H and O–H groups in total. The van der Waals surface area contributed by atoms with Crippen LogP contribution in [0.25, 0.3) is 0 Å². The summed E-state index contributed by atoms with van der Waals surface area (Å²) in [4.78, 5) is 23.0. The summed E-state index contributed by atoms with van der Waals surface area (Å²) < 4.78 is 0. The van der Waals surface area contributed by atoms with Crippen LogP contribution in [-0.2, 0) is 9.59 Å². The molecule has 1 aliphatic carbocycles. The first-order valence-electron chi connectivity index (χ1n) is 5.94. The summed E-state index contributed by atoms with van der Waals surface area (Å²) in [5.41, 5.74) is 0. The lowest BCUT2D eigenvalue weighted by Crippen LogP contribution is -2.50. The molecule has 16 heavy (non-hydrogen) atoms. The molecular formula is C11H19N3O2. The van der Waals surface area contributed by atoms with Crippen LogP contribution in [0.3, 0.4) is 0 Å². The van der Waals surface area contributed by atoms with Gasteiger partial charge >= 0.3 is 0 Å². The van der Waals surface area contributed by atoms with Crippen LogP contribution in [0.15, 0.2) is 0 Å². The molecule has 1 saturated heterocycles. The Labute approximate surface area is 95.3 Å². The fourth-order valence-electron chi connectivity index (χ4n) is 1.71. The van der Waals surface area contributed by atoms with Crippen LogP contribution in [0.4, 0.5) is 0 Å². The van der Waals surface area contributed by atoms with Gasteiger partial charge in [0.25, 0.3) is 0 Å². The minimum absolute atomic E-state index is 0.00465. The maximum atomic E-state index is 11.7. The molecule has 0 aromatic heterocycles. The molecular weight excluding hydrogens is 206 g/mol. The molecule has 1 unspecified atom stereocenters. The van der Waals surface area contributed by atoms with Crippen molar-refractivity contribution in [3.8, 4) is 0 Å². The van der Waals surface area contributed by atoms with Gasteiger partial charge < -0.3 is 16.0 Å². The van der Waals surface area contributed by atoms with E-state index in [2.05, 4.69) is 16.0 Å². The van der Waals surface area contributed by atoms with Crippen molar-refractivity contribution in [2.75, 3.05) is 19.6 Å². The van der Waals surface area contributed by atoms with Crippen LogP contribution in [-0.4, -0.2) is 37.5 Å². The summed E-state index contributed by atoms with van der Waals surface area (Å²) >= 11 is 0. The Kier molecular flexibility index (Phi) is 3.43. The van der Waals surface area contributed by atoms with Gasteiger partial charge in [0.15, 0.2) is 0 Å². The van der Waals surface area contributed by atoms with E-state index in [1.807, 2.05) is 6.92 Å². The predicted octanol–water partition coefficient (Wildman–Crippen LogP) is -0.763. The van der Waals surface area contributed by atoms with Crippen LogP contribution in [0.2, 0.25) is 0 Å². The van der Waals surface area contributed by atoms with E-state index in [-0.39, 0.29) is 24.3 Å². The second-order valence-corrected chi connectivity index (χ2v) is 4.77. The van der Waals surface area contributed by atoms with Gasteiger partial charge in [-0.15, -0.1) is 0 Å². The number of carbonyl (C=O) groups is 2. The second-order valence-electron chi connectivity index (χ2n) is 4.77. The molecule has 1 aliphatic heterocycles. The Morgan fingerprint density at radius 2 is 2.06 bits per heavy atom. The standard InChI is InChI=1S/C11H19N3O2/c1-7(8-4-12-5-8)11(16)13-6-10(15)14-9-2-3-9/h7-9,12H,2-6H2,1H3,(H,13,16)(H,14,15). The van der Waals surface area contributed by atoms with Crippen LogP contribution in [0.1, 0.15) is 19.8 Å². The quantitative estimate of drug-likeness (QED) is 0.576. The lowest BCUT2D eigenvalue weighted by molar-refractivity contribution is -0.129. The maximum Gasteiger partial charge on any atom is 0.239 e. The van der Waals surface area contributed by atoms with Crippen LogP contribution in [0.5, 0.6) is 0 Å². The lowest BCUT2D eigenvalue weighted by Gasteiger charge is -2.31. The summed E-state index contributed by atoms with van der Waals surface area (Å²) in [7, 11) is 0. The van der Waals surface area contributed by atoms with E-state index in [4.69, 9.17) is 0 Å². The Morgan fingerprint density at radius 3 is 2.56 bits per heavy atom. The molecule has 0 aromatic carbocycles. The number of carbonyl (C=O) groups excluding carboxylic acids is 2. The summed E-state index contributed by atoms with van der Waals surface area (Å²) in [5, 5.41) is 8.66. The summed E-state index contributed by atoms with van der Waals surface area (Å²) in [6.07, 6.45) is 2.15. The highest BCUT2D eigenvalue weighted by Gasteiger charge is 2.29. The monoisotopic (exact) mass is 225 g/mol. The Morgan fingerprint density at radius 1 is 1.38 bits per heavy atom. The Bertz CT molecular complexity index is 285. The maximum absolute atomic E-state index is 11.7. The molecule has 90 valence electrons. The topological polar surface area (TPSA) is 70.2 Å². The van der Waals surface area contributed by atoms with Gasteiger partial charge in [-0.2, -0.15) is 0 Å². The first-order valence-corrected chi connectivity index (χ1v) is 5.94. The third-order valence-electron chi connectivity index (χ3n) is 3.30. The van der Waals surface area contributed by atoms with Gasteiger partial charge in [0.1, 0.15) is 0 Å². The molecule has 0 radical (unpaired) electrons. The number of hydrogen-bond donors (Lipinski definition) is 3. The molecule has 0 bridgehead atoms. The van der Waals surface area contributed by atoms with Crippen molar-refractivity contribution in [1.82, 2.24) is 16.0 Å². The molecule has 1 atom stereocenters. The zero-order valence-corrected chi connectivity index (χ0v) is 9.58. The minimum atomic E-state index is -0.0743. The van der Waals surface area contributed by atoms with Gasteiger partial charge in [0.05, 0.1) is 6.54 Å². The largest absolute Gasteiger partial charge is 0.352 e. The van der Waals surface area contributed by atoms with E-state index in [0.29, 0.717) is 12.0 Å². The van der Waals surface area contributed by atoms with Crippen molar-refractivity contribution in [3.63, 3.8) is 0 Å². The van der Waals surface area contributed by atoms with Crippen molar-refractivity contribution in [2.24, 2.45) is 11.8 Å². The Hall–Kier alpha value is -1.10. The normalized spacial score (nSPS) is 22.1. The van der Waals surface area contributed by atoms with Crippen molar-refractivity contribution in [2.45, 2.75) is 25.8 Å². The lowest BCUT2D eigenvalue weighted by atomic mass is 9.88. The van der Waals surface area contributed by atoms with Crippen LogP contribution >= 0.6 is 0 Å². The smallest absolute Gasteiger partial charge is 0.239 e. The van der Waals surface area contributed by atoms with E-state index in [0.717, 1.165) is 25.9 Å². The van der Waals surface area contributed by atoms with Gasteiger partial charge in [-0.3, -0.25) is 9.59 Å². The minimum Gasteiger partial charge on any atom is -0.352 e. The van der Waals surface area contributed by atoms with E-state index >= 15 is 0 Å². The third-order valence-corrected chi connectivity index (χ3v) is 3.30. The zero-order chi connectivity index (χ0) is 11.5. The molecule has 2 fully saturated rings. The predicted molar refractivity (Wildman–Crippen MR) is 59.7 cm³/mol. The van der Waals surface area contributed by atoms with Crippen molar-refractivity contribution in [3.05, 3.63) is 0 Å². The SMILES string of the molecule is CC(C(=O)NCC(=O)NC1CC1)C1CNC1. The third kappa shape index (κ3) is 2.95. The average Bonchev–Trinajstić information content (AvgIpc) is 2.95. The fraction of sp³-hybridized carbons (Fsp3) is 0.818. The number of amides is 2. The molecule has 5 heteroatoms. The summed E-state index contributed by atoms with van der Waals surface area (Å²) in [6, 6.07) is 0.359. The summed E-state index contributed by atoms with van der Waals surface area (Å²) in [6.45, 7) is 3.84. The van der Waals surface area contributed by atoms with Gasteiger partial charge in [-0.25, -0.2) is 0 Å². The first kappa shape index (κ1) is 11.4. The highest BCUT2D eigenvalue weighted by atomic mass is 16.2. The van der Waals surface area contributed by atoms with Crippen molar-refractivity contribution in [1.29, 1.82) is 0 Å². The van der Waals surface area contributed by atoms with Gasteiger partial charge in [-0.1, -0.05) is 6.92 Å². The molecule has 2 rings (SSSR count). The fourth-order valence-corrected chi connectivity index (χ4v) is 1.71. The van der Waals surface area contributed by atoms with E-state index in [1.54, 1.807) is 0 Å².